The Labute approximate surface area is 184 Å². The van der Waals surface area contributed by atoms with Crippen molar-refractivity contribution in [3.05, 3.63) is 46.5 Å². The molecule has 1 N–H and O–H groups in total. The number of hydrogen-bond donors (Lipinski definition) is 1. The molecule has 1 atom stereocenters. The summed E-state index contributed by atoms with van der Waals surface area (Å²) in [5.74, 6) is 0.981. The maximum Gasteiger partial charge on any atom is 0.194 e. The van der Waals surface area contributed by atoms with Gasteiger partial charge in [-0.05, 0) is 37.8 Å². The molecule has 2 saturated heterocycles. The largest absolute Gasteiger partial charge is 0.370 e. The first-order valence-electron chi connectivity index (χ1n) is 11.1. The number of nitrogens with zero attached hydrogens (tertiary/aromatic N) is 4. The standard InChI is InChI=1S/C23H33N5OS/c1-3-24-22(25-11-10-19-17-30-23(26-19)27-12-6-7-13-27)28-14-15-29-21(16-28)20-9-5-4-8-18(20)2/h4-5,8-9,17,21H,3,6-7,10-16H2,1-2H3,(H,24,25). The number of aromatic nitrogens is 1. The summed E-state index contributed by atoms with van der Waals surface area (Å²) in [5.41, 5.74) is 3.71. The highest BCUT2D eigenvalue weighted by atomic mass is 32.1. The predicted octanol–water partition coefficient (Wildman–Crippen LogP) is 3.63. The van der Waals surface area contributed by atoms with Crippen LogP contribution in [0.15, 0.2) is 34.6 Å². The third-order valence-electron chi connectivity index (χ3n) is 5.78. The van der Waals surface area contributed by atoms with Gasteiger partial charge in [0.15, 0.2) is 11.1 Å². The van der Waals surface area contributed by atoms with Gasteiger partial charge in [-0.25, -0.2) is 4.98 Å². The molecule has 7 heteroatoms. The van der Waals surface area contributed by atoms with E-state index in [9.17, 15) is 0 Å². The Bertz CT molecular complexity index is 846. The molecule has 0 bridgehead atoms. The smallest absolute Gasteiger partial charge is 0.194 e. The second-order valence-corrected chi connectivity index (χ2v) is 8.80. The minimum Gasteiger partial charge on any atom is -0.370 e. The molecule has 162 valence electrons. The highest BCUT2D eigenvalue weighted by Gasteiger charge is 2.25. The second kappa shape index (κ2) is 10.3. The van der Waals surface area contributed by atoms with Gasteiger partial charge in [0, 0.05) is 44.5 Å². The van der Waals surface area contributed by atoms with Crippen LogP contribution in [-0.2, 0) is 11.2 Å². The molecule has 2 fully saturated rings. The van der Waals surface area contributed by atoms with Crippen molar-refractivity contribution in [3.63, 3.8) is 0 Å². The van der Waals surface area contributed by atoms with Gasteiger partial charge < -0.3 is 19.9 Å². The Morgan fingerprint density at radius 1 is 1.27 bits per heavy atom. The average molecular weight is 428 g/mol. The fourth-order valence-electron chi connectivity index (χ4n) is 4.14. The molecule has 0 amide bonds. The number of aryl methyl sites for hydroxylation is 1. The van der Waals surface area contributed by atoms with Crippen molar-refractivity contribution >= 4 is 22.4 Å². The number of morpholine rings is 1. The summed E-state index contributed by atoms with van der Waals surface area (Å²) >= 11 is 1.77. The van der Waals surface area contributed by atoms with Gasteiger partial charge in [-0.3, -0.25) is 4.99 Å². The molecule has 0 spiro atoms. The first-order valence-corrected chi connectivity index (χ1v) is 12.0. The van der Waals surface area contributed by atoms with Crippen molar-refractivity contribution in [1.82, 2.24) is 15.2 Å². The van der Waals surface area contributed by atoms with Crippen LogP contribution in [0.5, 0.6) is 0 Å². The monoisotopic (exact) mass is 427 g/mol. The molecule has 1 aromatic carbocycles. The molecule has 2 aromatic rings. The molecular formula is C23H33N5OS. The van der Waals surface area contributed by atoms with Crippen molar-refractivity contribution in [1.29, 1.82) is 0 Å². The highest BCUT2D eigenvalue weighted by Crippen LogP contribution is 2.26. The Morgan fingerprint density at radius 2 is 2.10 bits per heavy atom. The van der Waals surface area contributed by atoms with E-state index < -0.39 is 0 Å². The van der Waals surface area contributed by atoms with Gasteiger partial charge in [0.25, 0.3) is 0 Å². The number of benzene rings is 1. The highest BCUT2D eigenvalue weighted by molar-refractivity contribution is 7.13. The van der Waals surface area contributed by atoms with Crippen LogP contribution in [0.3, 0.4) is 0 Å². The van der Waals surface area contributed by atoms with E-state index in [1.165, 1.54) is 29.1 Å². The lowest BCUT2D eigenvalue weighted by atomic mass is 10.0. The third-order valence-corrected chi connectivity index (χ3v) is 6.73. The van der Waals surface area contributed by atoms with Gasteiger partial charge >= 0.3 is 0 Å². The van der Waals surface area contributed by atoms with Gasteiger partial charge in [-0.1, -0.05) is 24.3 Å². The summed E-state index contributed by atoms with van der Waals surface area (Å²) < 4.78 is 6.09. The number of thiazole rings is 1. The van der Waals surface area contributed by atoms with Crippen LogP contribution in [0.2, 0.25) is 0 Å². The molecule has 4 rings (SSSR count). The maximum absolute atomic E-state index is 6.09. The van der Waals surface area contributed by atoms with Gasteiger partial charge in [-0.2, -0.15) is 0 Å². The van der Waals surface area contributed by atoms with Crippen LogP contribution in [0, 0.1) is 6.92 Å². The minimum atomic E-state index is 0.0883. The number of ether oxygens (including phenoxy) is 1. The zero-order valence-electron chi connectivity index (χ0n) is 18.1. The topological polar surface area (TPSA) is 53.0 Å². The summed E-state index contributed by atoms with van der Waals surface area (Å²) in [4.78, 5) is 14.5. The molecule has 0 saturated carbocycles. The quantitative estimate of drug-likeness (QED) is 0.564. The van der Waals surface area contributed by atoms with Gasteiger partial charge in [-0.15, -0.1) is 11.3 Å². The molecule has 3 heterocycles. The SMILES string of the molecule is CCNC(=NCCc1csc(N2CCCC2)n1)N1CCOC(c2ccccc2C)C1. The van der Waals surface area contributed by atoms with Gasteiger partial charge in [0.1, 0.15) is 6.10 Å². The zero-order chi connectivity index (χ0) is 20.8. The fraction of sp³-hybridized carbons (Fsp3) is 0.565. The summed E-state index contributed by atoms with van der Waals surface area (Å²) in [6.45, 7) is 10.6. The molecule has 30 heavy (non-hydrogen) atoms. The number of rotatable bonds is 6. The van der Waals surface area contributed by atoms with Gasteiger partial charge in [0.05, 0.1) is 18.8 Å². The Morgan fingerprint density at radius 3 is 2.90 bits per heavy atom. The molecular weight excluding hydrogens is 394 g/mol. The Kier molecular flexibility index (Phi) is 7.23. The van der Waals surface area contributed by atoms with Crippen molar-refractivity contribution < 1.29 is 4.74 Å². The number of anilines is 1. The van der Waals surface area contributed by atoms with E-state index in [0.717, 1.165) is 57.3 Å². The first kappa shape index (κ1) is 21.1. The third kappa shape index (κ3) is 5.13. The minimum absolute atomic E-state index is 0.0883. The summed E-state index contributed by atoms with van der Waals surface area (Å²) in [6.07, 6.45) is 3.54. The van der Waals surface area contributed by atoms with E-state index in [0.29, 0.717) is 6.61 Å². The van der Waals surface area contributed by atoms with Crippen molar-refractivity contribution in [2.24, 2.45) is 4.99 Å². The molecule has 1 aromatic heterocycles. The second-order valence-electron chi connectivity index (χ2n) is 7.96. The van der Waals surface area contributed by atoms with Crippen molar-refractivity contribution in [3.8, 4) is 0 Å². The van der Waals surface area contributed by atoms with E-state index in [4.69, 9.17) is 14.7 Å². The maximum atomic E-state index is 6.09. The molecule has 0 aliphatic carbocycles. The predicted molar refractivity (Wildman–Crippen MR) is 125 cm³/mol. The molecule has 0 radical (unpaired) electrons. The van der Waals surface area contributed by atoms with Crippen LogP contribution in [-0.4, -0.2) is 61.7 Å². The van der Waals surface area contributed by atoms with E-state index in [1.54, 1.807) is 11.3 Å². The number of nitrogens with one attached hydrogen (secondary N) is 1. The van der Waals surface area contributed by atoms with E-state index in [2.05, 4.69) is 58.6 Å². The molecule has 1 unspecified atom stereocenters. The lowest BCUT2D eigenvalue weighted by Crippen LogP contribution is -2.48. The summed E-state index contributed by atoms with van der Waals surface area (Å²) in [7, 11) is 0. The van der Waals surface area contributed by atoms with Crippen LogP contribution >= 0.6 is 11.3 Å². The molecule has 6 nitrogen and oxygen atoms in total. The fourth-order valence-corrected chi connectivity index (χ4v) is 5.06. The van der Waals surface area contributed by atoms with Crippen LogP contribution in [0.25, 0.3) is 0 Å². The summed E-state index contributed by atoms with van der Waals surface area (Å²) in [6, 6.07) is 8.50. The first-order chi connectivity index (χ1) is 14.7. The lowest BCUT2D eigenvalue weighted by molar-refractivity contribution is -0.00832. The van der Waals surface area contributed by atoms with Crippen molar-refractivity contribution in [2.45, 2.75) is 39.2 Å². The Balaban J connectivity index is 1.37. The van der Waals surface area contributed by atoms with Crippen molar-refractivity contribution in [2.75, 3.05) is 50.8 Å². The van der Waals surface area contributed by atoms with E-state index in [-0.39, 0.29) is 6.10 Å². The van der Waals surface area contributed by atoms with E-state index >= 15 is 0 Å². The summed E-state index contributed by atoms with van der Waals surface area (Å²) in [5, 5.41) is 6.84. The Hall–Kier alpha value is -2.12. The lowest BCUT2D eigenvalue weighted by Gasteiger charge is -2.35. The normalized spacial score (nSPS) is 20.1. The number of hydrogen-bond acceptors (Lipinski definition) is 5. The zero-order valence-corrected chi connectivity index (χ0v) is 19.0. The van der Waals surface area contributed by atoms with Crippen LogP contribution in [0.4, 0.5) is 5.13 Å². The van der Waals surface area contributed by atoms with Crippen LogP contribution in [0.1, 0.15) is 42.7 Å². The van der Waals surface area contributed by atoms with Gasteiger partial charge in [0.2, 0.25) is 0 Å². The number of guanidine groups is 1. The molecule has 2 aliphatic heterocycles. The van der Waals surface area contributed by atoms with Crippen LogP contribution < -0.4 is 10.2 Å². The molecule has 2 aliphatic rings. The average Bonchev–Trinajstić information content (AvgIpc) is 3.46. The number of aliphatic imine (C=N–C) groups is 1. The van der Waals surface area contributed by atoms with E-state index in [1.807, 2.05) is 0 Å².